The monoisotopic (exact) mass is 300 g/mol. The van der Waals surface area contributed by atoms with Gasteiger partial charge in [-0.25, -0.2) is 0 Å². The van der Waals surface area contributed by atoms with Crippen molar-refractivity contribution >= 4 is 23.0 Å². The van der Waals surface area contributed by atoms with E-state index in [9.17, 15) is 0 Å². The number of nitrogens with zero attached hydrogens (tertiary/aromatic N) is 1. The lowest BCUT2D eigenvalue weighted by Gasteiger charge is -2.24. The summed E-state index contributed by atoms with van der Waals surface area (Å²) < 4.78 is 6.04. The maximum Gasteiger partial charge on any atom is 0.123 e. The molecule has 0 saturated carbocycles. The molecule has 0 fully saturated rings. The molecule has 2 aliphatic heterocycles. The molecule has 1 unspecified atom stereocenters. The molecule has 0 spiro atoms. The molecule has 0 radical (unpaired) electrons. The van der Waals surface area contributed by atoms with E-state index in [2.05, 4.69) is 11.0 Å². The molecule has 0 bridgehead atoms. The lowest BCUT2D eigenvalue weighted by molar-refractivity contribution is 0.238. The Labute approximate surface area is 129 Å². The molecule has 4 rings (SSSR count). The standard InChI is InChI=1S/C17H17ClN2O/c18-13-4-5-16-12(8-13)9-14(21-16)10-20-7-6-11-2-1-3-15(19)17(11)20/h1-5,8,14H,6-7,9-10,19H2. The van der Waals surface area contributed by atoms with Crippen molar-refractivity contribution in [2.45, 2.75) is 18.9 Å². The number of benzene rings is 2. The Morgan fingerprint density at radius 3 is 3.05 bits per heavy atom. The van der Waals surface area contributed by atoms with Gasteiger partial charge in [0.2, 0.25) is 0 Å². The number of anilines is 2. The maximum absolute atomic E-state index is 6.14. The fourth-order valence-corrected chi connectivity index (χ4v) is 3.58. The van der Waals surface area contributed by atoms with Crippen LogP contribution in [0.5, 0.6) is 5.75 Å². The first-order valence-electron chi connectivity index (χ1n) is 7.28. The summed E-state index contributed by atoms with van der Waals surface area (Å²) in [6.07, 6.45) is 2.14. The quantitative estimate of drug-likeness (QED) is 0.865. The highest BCUT2D eigenvalue weighted by Gasteiger charge is 2.29. The molecule has 2 aromatic carbocycles. The Morgan fingerprint density at radius 2 is 2.14 bits per heavy atom. The summed E-state index contributed by atoms with van der Waals surface area (Å²) in [5.41, 5.74) is 10.7. The molecule has 21 heavy (non-hydrogen) atoms. The zero-order valence-electron chi connectivity index (χ0n) is 11.7. The van der Waals surface area contributed by atoms with Crippen molar-refractivity contribution in [3.05, 3.63) is 52.5 Å². The van der Waals surface area contributed by atoms with Crippen molar-refractivity contribution < 1.29 is 4.74 Å². The van der Waals surface area contributed by atoms with E-state index in [-0.39, 0.29) is 6.10 Å². The zero-order chi connectivity index (χ0) is 14.4. The van der Waals surface area contributed by atoms with Gasteiger partial charge in [0, 0.05) is 18.0 Å². The molecule has 0 saturated heterocycles. The Balaban J connectivity index is 1.53. The van der Waals surface area contributed by atoms with Crippen LogP contribution in [0.2, 0.25) is 5.02 Å². The van der Waals surface area contributed by atoms with Crippen molar-refractivity contribution in [3.8, 4) is 5.75 Å². The van der Waals surface area contributed by atoms with E-state index < -0.39 is 0 Å². The van der Waals surface area contributed by atoms with Gasteiger partial charge in [-0.2, -0.15) is 0 Å². The second-order valence-corrected chi connectivity index (χ2v) is 6.18. The second kappa shape index (κ2) is 4.85. The molecule has 2 aromatic rings. The Morgan fingerprint density at radius 1 is 1.24 bits per heavy atom. The first kappa shape index (κ1) is 12.8. The Bertz CT molecular complexity index is 701. The van der Waals surface area contributed by atoms with Crippen molar-refractivity contribution in [3.63, 3.8) is 0 Å². The van der Waals surface area contributed by atoms with Crippen LogP contribution in [0.4, 0.5) is 11.4 Å². The van der Waals surface area contributed by atoms with Crippen LogP contribution < -0.4 is 15.4 Å². The summed E-state index contributed by atoms with van der Waals surface area (Å²) in [5.74, 6) is 0.963. The van der Waals surface area contributed by atoms with Crippen LogP contribution in [0.25, 0.3) is 0 Å². The van der Waals surface area contributed by atoms with Gasteiger partial charge in [-0.05, 0) is 41.8 Å². The van der Waals surface area contributed by atoms with Gasteiger partial charge in [0.25, 0.3) is 0 Å². The van der Waals surface area contributed by atoms with Gasteiger partial charge in [-0.1, -0.05) is 23.7 Å². The van der Waals surface area contributed by atoms with Crippen LogP contribution in [0, 0.1) is 0 Å². The Hall–Kier alpha value is -1.87. The average Bonchev–Trinajstić information content (AvgIpc) is 3.03. The predicted molar refractivity (Wildman–Crippen MR) is 86.3 cm³/mol. The van der Waals surface area contributed by atoms with Crippen molar-refractivity contribution in [2.75, 3.05) is 23.7 Å². The van der Waals surface area contributed by atoms with E-state index in [1.165, 1.54) is 16.8 Å². The summed E-state index contributed by atoms with van der Waals surface area (Å²) in [6.45, 7) is 1.88. The minimum Gasteiger partial charge on any atom is -0.488 e. The highest BCUT2D eigenvalue weighted by molar-refractivity contribution is 6.30. The SMILES string of the molecule is Nc1cccc2c1N(CC1Cc3cc(Cl)ccc3O1)CC2. The molecule has 108 valence electrons. The normalized spacial score (nSPS) is 19.3. The summed E-state index contributed by atoms with van der Waals surface area (Å²) in [5, 5.41) is 0.772. The Kier molecular flexibility index (Phi) is 2.96. The van der Waals surface area contributed by atoms with Crippen molar-refractivity contribution in [2.24, 2.45) is 0 Å². The number of hydrogen-bond donors (Lipinski definition) is 1. The van der Waals surface area contributed by atoms with Gasteiger partial charge in [0.15, 0.2) is 0 Å². The fraction of sp³-hybridized carbons (Fsp3) is 0.294. The third-order valence-corrected chi connectivity index (χ3v) is 4.54. The van der Waals surface area contributed by atoms with Gasteiger partial charge < -0.3 is 15.4 Å². The van der Waals surface area contributed by atoms with Gasteiger partial charge >= 0.3 is 0 Å². The number of para-hydroxylation sites is 1. The largest absolute Gasteiger partial charge is 0.488 e. The van der Waals surface area contributed by atoms with Crippen LogP contribution in [0.1, 0.15) is 11.1 Å². The fourth-order valence-electron chi connectivity index (χ4n) is 3.39. The molecule has 0 aliphatic carbocycles. The van der Waals surface area contributed by atoms with E-state index in [4.69, 9.17) is 22.1 Å². The number of nitrogen functional groups attached to an aromatic ring is 1. The first-order chi connectivity index (χ1) is 10.2. The van der Waals surface area contributed by atoms with E-state index in [1.54, 1.807) is 0 Å². The van der Waals surface area contributed by atoms with E-state index in [1.807, 2.05) is 30.3 Å². The number of nitrogens with two attached hydrogens (primary N) is 1. The summed E-state index contributed by atoms with van der Waals surface area (Å²) in [6, 6.07) is 12.0. The number of fused-ring (bicyclic) bond motifs is 2. The summed E-state index contributed by atoms with van der Waals surface area (Å²) in [4.78, 5) is 2.35. The summed E-state index contributed by atoms with van der Waals surface area (Å²) >= 11 is 6.05. The molecule has 2 N–H and O–H groups in total. The molecular weight excluding hydrogens is 284 g/mol. The molecular formula is C17H17ClN2O. The minimum atomic E-state index is 0.170. The van der Waals surface area contributed by atoms with Gasteiger partial charge in [-0.15, -0.1) is 0 Å². The molecule has 0 amide bonds. The molecule has 2 aliphatic rings. The smallest absolute Gasteiger partial charge is 0.123 e. The third kappa shape index (κ3) is 2.22. The highest BCUT2D eigenvalue weighted by atomic mass is 35.5. The third-order valence-electron chi connectivity index (χ3n) is 4.31. The van der Waals surface area contributed by atoms with Crippen LogP contribution in [-0.4, -0.2) is 19.2 Å². The van der Waals surface area contributed by atoms with Crippen LogP contribution in [0.3, 0.4) is 0 Å². The second-order valence-electron chi connectivity index (χ2n) is 5.75. The molecule has 1 atom stereocenters. The zero-order valence-corrected chi connectivity index (χ0v) is 12.4. The lowest BCUT2D eigenvalue weighted by Crippen LogP contribution is -2.34. The van der Waals surface area contributed by atoms with E-state index in [0.29, 0.717) is 0 Å². The van der Waals surface area contributed by atoms with Crippen molar-refractivity contribution in [1.29, 1.82) is 0 Å². The summed E-state index contributed by atoms with van der Waals surface area (Å²) in [7, 11) is 0. The number of hydrogen-bond acceptors (Lipinski definition) is 3. The lowest BCUT2D eigenvalue weighted by atomic mass is 10.1. The topological polar surface area (TPSA) is 38.5 Å². The van der Waals surface area contributed by atoms with Gasteiger partial charge in [0.1, 0.15) is 11.9 Å². The molecule has 2 heterocycles. The number of halogens is 1. The van der Waals surface area contributed by atoms with Crippen LogP contribution in [0.15, 0.2) is 36.4 Å². The van der Waals surface area contributed by atoms with Gasteiger partial charge in [-0.3, -0.25) is 0 Å². The molecule has 4 heteroatoms. The maximum atomic E-state index is 6.14. The minimum absolute atomic E-state index is 0.170. The van der Waals surface area contributed by atoms with E-state index >= 15 is 0 Å². The van der Waals surface area contributed by atoms with E-state index in [0.717, 1.165) is 42.4 Å². The van der Waals surface area contributed by atoms with Gasteiger partial charge in [0.05, 0.1) is 17.9 Å². The van der Waals surface area contributed by atoms with Crippen LogP contribution in [-0.2, 0) is 12.8 Å². The average molecular weight is 301 g/mol. The van der Waals surface area contributed by atoms with Crippen LogP contribution >= 0.6 is 11.6 Å². The first-order valence-corrected chi connectivity index (χ1v) is 7.66. The number of rotatable bonds is 2. The highest BCUT2D eigenvalue weighted by Crippen LogP contribution is 2.36. The number of ether oxygens (including phenoxy) is 1. The predicted octanol–water partition coefficient (Wildman–Crippen LogP) is 3.29. The van der Waals surface area contributed by atoms with Crippen molar-refractivity contribution in [1.82, 2.24) is 0 Å². The molecule has 0 aromatic heterocycles. The molecule has 3 nitrogen and oxygen atoms in total.